The lowest BCUT2D eigenvalue weighted by Crippen LogP contribution is -1.94. The van der Waals surface area contributed by atoms with Crippen molar-refractivity contribution < 1.29 is 4.74 Å². The molecule has 110 valence electrons. The number of benzene rings is 2. The van der Waals surface area contributed by atoms with Crippen LogP contribution in [0.1, 0.15) is 11.1 Å². The molecule has 0 aliphatic heterocycles. The minimum atomic E-state index is 0.594. The van der Waals surface area contributed by atoms with Crippen LogP contribution in [0.2, 0.25) is 0 Å². The normalized spacial score (nSPS) is 10.9. The number of hydrogen-bond donors (Lipinski definition) is 0. The Balaban J connectivity index is 1.52. The van der Waals surface area contributed by atoms with Gasteiger partial charge in [0.1, 0.15) is 12.4 Å². The van der Waals surface area contributed by atoms with Gasteiger partial charge in [0.2, 0.25) is 0 Å². The Hall–Kier alpha value is -2.81. The summed E-state index contributed by atoms with van der Waals surface area (Å²) in [6, 6.07) is 18.3. The number of nitrogens with zero attached hydrogens (tertiary/aromatic N) is 2. The van der Waals surface area contributed by atoms with Crippen LogP contribution in [0.25, 0.3) is 6.08 Å². The molecule has 0 aliphatic rings. The Kier molecular flexibility index (Phi) is 4.67. The van der Waals surface area contributed by atoms with Crippen molar-refractivity contribution in [3.8, 4) is 5.75 Å². The van der Waals surface area contributed by atoms with Gasteiger partial charge in [-0.25, -0.2) is 4.98 Å². The lowest BCUT2D eigenvalue weighted by Gasteiger charge is -2.06. The molecule has 3 rings (SSSR count). The smallest absolute Gasteiger partial charge is 0.119 e. The Morgan fingerprint density at radius 1 is 1.00 bits per heavy atom. The van der Waals surface area contributed by atoms with Crippen LogP contribution in [0.3, 0.4) is 0 Å². The highest BCUT2D eigenvalue weighted by Gasteiger charge is 1.95. The van der Waals surface area contributed by atoms with E-state index in [0.717, 1.165) is 17.9 Å². The van der Waals surface area contributed by atoms with E-state index in [4.69, 9.17) is 4.74 Å². The second-order valence-electron chi connectivity index (χ2n) is 5.01. The Morgan fingerprint density at radius 3 is 2.55 bits per heavy atom. The minimum absolute atomic E-state index is 0.594. The largest absolute Gasteiger partial charge is 0.489 e. The lowest BCUT2D eigenvalue weighted by molar-refractivity contribution is 0.306. The lowest BCUT2D eigenvalue weighted by atomic mass is 10.2. The van der Waals surface area contributed by atoms with Gasteiger partial charge in [0, 0.05) is 18.9 Å². The standard InChI is InChI=1S/C19H18N2O/c1-2-5-18(6-3-1)15-22-19-10-8-17(9-11-19)7-4-13-21-14-12-20-16-21/h1-12,14,16H,13,15H2/b7-4+. The van der Waals surface area contributed by atoms with E-state index in [1.807, 2.05) is 47.4 Å². The summed E-state index contributed by atoms with van der Waals surface area (Å²) in [7, 11) is 0. The van der Waals surface area contributed by atoms with Crippen molar-refractivity contribution in [3.05, 3.63) is 90.5 Å². The fourth-order valence-corrected chi connectivity index (χ4v) is 2.12. The van der Waals surface area contributed by atoms with E-state index in [9.17, 15) is 0 Å². The first-order valence-corrected chi connectivity index (χ1v) is 7.29. The highest BCUT2D eigenvalue weighted by molar-refractivity contribution is 5.50. The quantitative estimate of drug-likeness (QED) is 0.681. The Labute approximate surface area is 130 Å². The van der Waals surface area contributed by atoms with Crippen molar-refractivity contribution in [3.63, 3.8) is 0 Å². The number of rotatable bonds is 6. The van der Waals surface area contributed by atoms with E-state index >= 15 is 0 Å². The molecule has 1 heterocycles. The topological polar surface area (TPSA) is 27.1 Å². The number of hydrogen-bond acceptors (Lipinski definition) is 2. The van der Waals surface area contributed by atoms with Gasteiger partial charge >= 0.3 is 0 Å². The summed E-state index contributed by atoms with van der Waals surface area (Å²) in [6.45, 7) is 1.42. The van der Waals surface area contributed by atoms with E-state index in [2.05, 4.69) is 41.4 Å². The van der Waals surface area contributed by atoms with Crippen LogP contribution < -0.4 is 4.74 Å². The molecular weight excluding hydrogens is 272 g/mol. The number of aromatic nitrogens is 2. The molecule has 0 fully saturated rings. The van der Waals surface area contributed by atoms with Crippen molar-refractivity contribution in [2.45, 2.75) is 13.2 Å². The number of allylic oxidation sites excluding steroid dienone is 1. The van der Waals surface area contributed by atoms with Gasteiger partial charge in [-0.2, -0.15) is 0 Å². The van der Waals surface area contributed by atoms with Gasteiger partial charge < -0.3 is 9.30 Å². The summed E-state index contributed by atoms with van der Waals surface area (Å²) in [5.41, 5.74) is 2.33. The van der Waals surface area contributed by atoms with Crippen molar-refractivity contribution >= 4 is 6.08 Å². The summed E-state index contributed by atoms with van der Waals surface area (Å²) < 4.78 is 7.80. The molecule has 0 unspecified atom stereocenters. The van der Waals surface area contributed by atoms with Crippen LogP contribution in [0, 0.1) is 0 Å². The molecule has 0 radical (unpaired) electrons. The zero-order valence-corrected chi connectivity index (χ0v) is 12.3. The van der Waals surface area contributed by atoms with E-state index in [-0.39, 0.29) is 0 Å². The highest BCUT2D eigenvalue weighted by atomic mass is 16.5. The van der Waals surface area contributed by atoms with Crippen LogP contribution in [-0.2, 0) is 13.2 Å². The summed E-state index contributed by atoms with van der Waals surface area (Å²) in [4.78, 5) is 4.02. The van der Waals surface area contributed by atoms with Gasteiger partial charge in [-0.15, -0.1) is 0 Å². The maximum Gasteiger partial charge on any atom is 0.119 e. The minimum Gasteiger partial charge on any atom is -0.489 e. The van der Waals surface area contributed by atoms with E-state index < -0.39 is 0 Å². The van der Waals surface area contributed by atoms with Crippen molar-refractivity contribution in [1.29, 1.82) is 0 Å². The molecule has 2 aromatic carbocycles. The van der Waals surface area contributed by atoms with Gasteiger partial charge in [-0.1, -0.05) is 54.6 Å². The number of ether oxygens (including phenoxy) is 1. The molecule has 0 N–H and O–H groups in total. The third kappa shape index (κ3) is 4.09. The molecule has 3 nitrogen and oxygen atoms in total. The van der Waals surface area contributed by atoms with Crippen LogP contribution in [0.15, 0.2) is 79.4 Å². The van der Waals surface area contributed by atoms with Gasteiger partial charge in [-0.05, 0) is 23.3 Å². The molecule has 0 saturated carbocycles. The fourth-order valence-electron chi connectivity index (χ4n) is 2.12. The summed E-state index contributed by atoms with van der Waals surface area (Å²) in [5, 5.41) is 0. The Morgan fingerprint density at radius 2 is 1.82 bits per heavy atom. The van der Waals surface area contributed by atoms with Gasteiger partial charge in [-0.3, -0.25) is 0 Å². The molecule has 22 heavy (non-hydrogen) atoms. The molecule has 0 saturated heterocycles. The molecule has 3 heteroatoms. The maximum absolute atomic E-state index is 5.77. The highest BCUT2D eigenvalue weighted by Crippen LogP contribution is 2.15. The first kappa shape index (κ1) is 14.1. The molecule has 1 aromatic heterocycles. The SMILES string of the molecule is C(=C\c1ccc(OCc2ccccc2)cc1)/Cn1ccnc1. The zero-order chi connectivity index (χ0) is 15.0. The van der Waals surface area contributed by atoms with Crippen molar-refractivity contribution in [2.24, 2.45) is 0 Å². The van der Waals surface area contributed by atoms with Gasteiger partial charge in [0.05, 0.1) is 6.33 Å². The maximum atomic E-state index is 5.77. The first-order chi connectivity index (χ1) is 10.9. The number of imidazole rings is 1. The third-order valence-corrected chi connectivity index (χ3v) is 3.31. The predicted molar refractivity (Wildman–Crippen MR) is 88.5 cm³/mol. The van der Waals surface area contributed by atoms with Crippen LogP contribution in [0.4, 0.5) is 0 Å². The third-order valence-electron chi connectivity index (χ3n) is 3.31. The first-order valence-electron chi connectivity index (χ1n) is 7.29. The zero-order valence-electron chi connectivity index (χ0n) is 12.3. The summed E-state index contributed by atoms with van der Waals surface area (Å²) in [5.74, 6) is 0.885. The van der Waals surface area contributed by atoms with Gasteiger partial charge in [0.15, 0.2) is 0 Å². The van der Waals surface area contributed by atoms with Crippen molar-refractivity contribution in [2.75, 3.05) is 0 Å². The van der Waals surface area contributed by atoms with Crippen LogP contribution in [-0.4, -0.2) is 9.55 Å². The van der Waals surface area contributed by atoms with Crippen LogP contribution >= 0.6 is 0 Å². The average molecular weight is 290 g/mol. The monoisotopic (exact) mass is 290 g/mol. The van der Waals surface area contributed by atoms with Gasteiger partial charge in [0.25, 0.3) is 0 Å². The second-order valence-corrected chi connectivity index (χ2v) is 5.01. The molecule has 0 aliphatic carbocycles. The average Bonchev–Trinajstić information content (AvgIpc) is 3.08. The van der Waals surface area contributed by atoms with Crippen molar-refractivity contribution in [1.82, 2.24) is 9.55 Å². The summed E-state index contributed by atoms with van der Waals surface area (Å²) in [6.07, 6.45) is 9.75. The predicted octanol–water partition coefficient (Wildman–Crippen LogP) is 4.18. The molecule has 0 atom stereocenters. The molecule has 3 aromatic rings. The van der Waals surface area contributed by atoms with E-state index in [1.165, 1.54) is 5.56 Å². The fraction of sp³-hybridized carbons (Fsp3) is 0.105. The molecular formula is C19H18N2O. The molecule has 0 amide bonds. The van der Waals surface area contributed by atoms with E-state index in [0.29, 0.717) is 6.61 Å². The second kappa shape index (κ2) is 7.27. The van der Waals surface area contributed by atoms with E-state index in [1.54, 1.807) is 6.20 Å². The van der Waals surface area contributed by atoms with Crippen LogP contribution in [0.5, 0.6) is 5.75 Å². The molecule has 0 bridgehead atoms. The summed E-state index contributed by atoms with van der Waals surface area (Å²) >= 11 is 0. The Bertz CT molecular complexity index is 701. The molecule has 0 spiro atoms.